The molecule has 1 atom stereocenters. The van der Waals surface area contributed by atoms with Crippen molar-refractivity contribution in [2.24, 2.45) is 5.73 Å². The lowest BCUT2D eigenvalue weighted by molar-refractivity contribution is -0.118. The first-order valence-electron chi connectivity index (χ1n) is 5.90. The summed E-state index contributed by atoms with van der Waals surface area (Å²) >= 11 is 6.07. The van der Waals surface area contributed by atoms with Gasteiger partial charge in [0, 0.05) is 23.9 Å². The normalized spacial score (nSPS) is 12.6. The van der Waals surface area contributed by atoms with Crippen molar-refractivity contribution in [1.82, 2.24) is 9.97 Å². The van der Waals surface area contributed by atoms with Gasteiger partial charge in [-0.1, -0.05) is 25.4 Å². The van der Waals surface area contributed by atoms with Gasteiger partial charge in [-0.3, -0.25) is 4.79 Å². The van der Waals surface area contributed by atoms with Crippen molar-refractivity contribution in [2.45, 2.75) is 46.1 Å². The van der Waals surface area contributed by atoms with E-state index in [1.54, 1.807) is 0 Å². The number of amides is 1. The molecule has 3 N–H and O–H groups in total. The molecule has 1 aromatic rings. The number of nitrogens with one attached hydrogen (secondary N) is 1. The van der Waals surface area contributed by atoms with Crippen molar-refractivity contribution in [3.63, 3.8) is 0 Å². The molecule has 0 aliphatic carbocycles. The van der Waals surface area contributed by atoms with E-state index in [4.69, 9.17) is 17.3 Å². The molecule has 0 fully saturated rings. The van der Waals surface area contributed by atoms with E-state index >= 15 is 0 Å². The quantitative estimate of drug-likeness (QED) is 0.804. The smallest absolute Gasteiger partial charge is 0.219 e. The predicted octanol–water partition coefficient (Wildman–Crippen LogP) is 2.24. The van der Waals surface area contributed by atoms with E-state index in [0.29, 0.717) is 16.8 Å². The molecule has 0 aromatic carbocycles. The Morgan fingerprint density at radius 1 is 1.39 bits per heavy atom. The minimum absolute atomic E-state index is 0.0906. The molecule has 5 nitrogen and oxygen atoms in total. The Morgan fingerprint density at radius 2 is 2.00 bits per heavy atom. The SMILES string of the molecule is Cc1c(Cl)nc(C(C)C)nc1NC(C)CC(N)=O. The number of halogens is 1. The fraction of sp³-hybridized carbons (Fsp3) is 0.583. The molecular weight excluding hydrogens is 252 g/mol. The van der Waals surface area contributed by atoms with Crippen LogP contribution in [0.3, 0.4) is 0 Å². The minimum atomic E-state index is -0.350. The molecule has 1 heterocycles. The van der Waals surface area contributed by atoms with Gasteiger partial charge in [-0.15, -0.1) is 0 Å². The average molecular weight is 271 g/mol. The highest BCUT2D eigenvalue weighted by atomic mass is 35.5. The highest BCUT2D eigenvalue weighted by Crippen LogP contribution is 2.23. The van der Waals surface area contributed by atoms with Crippen LogP contribution in [-0.2, 0) is 4.79 Å². The van der Waals surface area contributed by atoms with Gasteiger partial charge in [0.25, 0.3) is 0 Å². The molecule has 0 aliphatic rings. The van der Waals surface area contributed by atoms with Crippen LogP contribution in [0.1, 0.15) is 44.5 Å². The van der Waals surface area contributed by atoms with Crippen LogP contribution in [0.5, 0.6) is 0 Å². The molecular formula is C12H19ClN4O. The van der Waals surface area contributed by atoms with Crippen LogP contribution >= 0.6 is 11.6 Å². The van der Waals surface area contributed by atoms with Gasteiger partial charge >= 0.3 is 0 Å². The Balaban J connectivity index is 2.97. The zero-order valence-corrected chi connectivity index (χ0v) is 11.9. The van der Waals surface area contributed by atoms with Crippen molar-refractivity contribution in [3.8, 4) is 0 Å². The maximum absolute atomic E-state index is 10.9. The molecule has 0 bridgehead atoms. The van der Waals surface area contributed by atoms with E-state index in [1.807, 2.05) is 27.7 Å². The van der Waals surface area contributed by atoms with Crippen LogP contribution in [0.4, 0.5) is 5.82 Å². The Morgan fingerprint density at radius 3 is 2.50 bits per heavy atom. The fourth-order valence-corrected chi connectivity index (χ4v) is 1.67. The van der Waals surface area contributed by atoms with Gasteiger partial charge in [-0.25, -0.2) is 9.97 Å². The van der Waals surface area contributed by atoms with Gasteiger partial charge < -0.3 is 11.1 Å². The van der Waals surface area contributed by atoms with Crippen LogP contribution in [0.25, 0.3) is 0 Å². The van der Waals surface area contributed by atoms with E-state index in [1.165, 1.54) is 0 Å². The van der Waals surface area contributed by atoms with Gasteiger partial charge in [0.2, 0.25) is 5.91 Å². The van der Waals surface area contributed by atoms with E-state index in [9.17, 15) is 4.79 Å². The predicted molar refractivity (Wildman–Crippen MR) is 72.8 cm³/mol. The summed E-state index contributed by atoms with van der Waals surface area (Å²) in [6, 6.07) is -0.0906. The second-order valence-corrected chi connectivity index (χ2v) is 5.07. The number of primary amides is 1. The zero-order valence-electron chi connectivity index (χ0n) is 11.1. The van der Waals surface area contributed by atoms with Crippen LogP contribution in [0.2, 0.25) is 5.15 Å². The van der Waals surface area contributed by atoms with E-state index in [0.717, 1.165) is 5.56 Å². The molecule has 100 valence electrons. The molecule has 0 spiro atoms. The summed E-state index contributed by atoms with van der Waals surface area (Å²) < 4.78 is 0. The summed E-state index contributed by atoms with van der Waals surface area (Å²) in [5.41, 5.74) is 5.93. The molecule has 1 rings (SSSR count). The van der Waals surface area contributed by atoms with Gasteiger partial charge in [0.15, 0.2) is 0 Å². The number of rotatable bonds is 5. The Labute approximate surface area is 112 Å². The second-order valence-electron chi connectivity index (χ2n) is 4.72. The van der Waals surface area contributed by atoms with Crippen molar-refractivity contribution in [1.29, 1.82) is 0 Å². The van der Waals surface area contributed by atoms with Crippen LogP contribution < -0.4 is 11.1 Å². The number of hydrogen-bond donors (Lipinski definition) is 2. The van der Waals surface area contributed by atoms with Gasteiger partial charge in [-0.2, -0.15) is 0 Å². The van der Waals surface area contributed by atoms with Crippen molar-refractivity contribution >= 4 is 23.3 Å². The third-order valence-electron chi connectivity index (χ3n) is 2.51. The molecule has 0 aliphatic heterocycles. The molecule has 0 saturated carbocycles. The average Bonchev–Trinajstić information content (AvgIpc) is 2.22. The number of aromatic nitrogens is 2. The van der Waals surface area contributed by atoms with E-state index in [-0.39, 0.29) is 24.3 Å². The number of nitrogens with two attached hydrogens (primary N) is 1. The van der Waals surface area contributed by atoms with Gasteiger partial charge in [0.1, 0.15) is 16.8 Å². The summed E-state index contributed by atoms with van der Waals surface area (Å²) in [6.07, 6.45) is 0.248. The topological polar surface area (TPSA) is 80.9 Å². The molecule has 18 heavy (non-hydrogen) atoms. The maximum Gasteiger partial charge on any atom is 0.219 e. The first-order chi connectivity index (χ1) is 8.31. The number of nitrogens with zero attached hydrogens (tertiary/aromatic N) is 2. The van der Waals surface area contributed by atoms with Gasteiger partial charge in [-0.05, 0) is 13.8 Å². The van der Waals surface area contributed by atoms with Crippen molar-refractivity contribution in [3.05, 3.63) is 16.5 Å². The second kappa shape index (κ2) is 6.00. The van der Waals surface area contributed by atoms with Crippen LogP contribution in [-0.4, -0.2) is 21.9 Å². The van der Waals surface area contributed by atoms with Gasteiger partial charge in [0.05, 0.1) is 0 Å². The van der Waals surface area contributed by atoms with E-state index < -0.39 is 0 Å². The van der Waals surface area contributed by atoms with E-state index in [2.05, 4.69) is 15.3 Å². The zero-order chi connectivity index (χ0) is 13.9. The molecule has 1 aromatic heterocycles. The first kappa shape index (κ1) is 14.7. The fourth-order valence-electron chi connectivity index (χ4n) is 1.49. The first-order valence-corrected chi connectivity index (χ1v) is 6.28. The largest absolute Gasteiger partial charge is 0.370 e. The van der Waals surface area contributed by atoms with Crippen LogP contribution in [0, 0.1) is 6.92 Å². The number of anilines is 1. The molecule has 0 saturated heterocycles. The summed E-state index contributed by atoms with van der Waals surface area (Å²) in [4.78, 5) is 19.5. The summed E-state index contributed by atoms with van der Waals surface area (Å²) in [6.45, 7) is 7.70. The molecule has 1 amide bonds. The lowest BCUT2D eigenvalue weighted by atomic mass is 10.2. The third-order valence-corrected chi connectivity index (χ3v) is 2.88. The molecule has 0 radical (unpaired) electrons. The lowest BCUT2D eigenvalue weighted by Crippen LogP contribution is -2.25. The molecule has 6 heteroatoms. The third kappa shape index (κ3) is 3.84. The highest BCUT2D eigenvalue weighted by Gasteiger charge is 2.14. The lowest BCUT2D eigenvalue weighted by Gasteiger charge is -2.16. The standard InChI is InChI=1S/C12H19ClN4O/c1-6(2)11-16-10(13)8(4)12(17-11)15-7(3)5-9(14)18/h6-7H,5H2,1-4H3,(H2,14,18)(H,15,16,17). The number of carbonyl (C=O) groups is 1. The Bertz CT molecular complexity index is 448. The Hall–Kier alpha value is -1.36. The number of hydrogen-bond acceptors (Lipinski definition) is 4. The Kier molecular flexibility index (Phi) is 4.90. The highest BCUT2D eigenvalue weighted by molar-refractivity contribution is 6.30. The summed E-state index contributed by atoms with van der Waals surface area (Å²) in [5.74, 6) is 1.18. The van der Waals surface area contributed by atoms with Crippen molar-refractivity contribution in [2.75, 3.05) is 5.32 Å². The van der Waals surface area contributed by atoms with Crippen LogP contribution in [0.15, 0.2) is 0 Å². The molecule has 1 unspecified atom stereocenters. The number of carbonyl (C=O) groups excluding carboxylic acids is 1. The van der Waals surface area contributed by atoms with Crippen molar-refractivity contribution < 1.29 is 4.79 Å². The monoisotopic (exact) mass is 270 g/mol. The summed E-state index contributed by atoms with van der Waals surface area (Å²) in [7, 11) is 0. The summed E-state index contributed by atoms with van der Waals surface area (Å²) in [5, 5.41) is 3.57. The maximum atomic E-state index is 10.9. The minimum Gasteiger partial charge on any atom is -0.370 e.